The van der Waals surface area contributed by atoms with Crippen molar-refractivity contribution in [3.63, 3.8) is 0 Å². The Morgan fingerprint density at radius 3 is 2.84 bits per heavy atom. The molecule has 0 radical (unpaired) electrons. The third-order valence-corrected chi connectivity index (χ3v) is 4.27. The van der Waals surface area contributed by atoms with Gasteiger partial charge in [0.05, 0.1) is 0 Å². The van der Waals surface area contributed by atoms with Gasteiger partial charge in [-0.3, -0.25) is 4.90 Å². The maximum absolute atomic E-state index is 13.2. The third-order valence-electron chi connectivity index (χ3n) is 4.27. The summed E-state index contributed by atoms with van der Waals surface area (Å²) in [7, 11) is 0. The van der Waals surface area contributed by atoms with E-state index >= 15 is 0 Å². The van der Waals surface area contributed by atoms with E-state index < -0.39 is 0 Å². The van der Waals surface area contributed by atoms with Gasteiger partial charge in [-0.1, -0.05) is 0 Å². The molecule has 2 aliphatic heterocycles. The monoisotopic (exact) mass is 264 g/mol. The number of piperidine rings is 1. The van der Waals surface area contributed by atoms with Crippen molar-refractivity contribution >= 4 is 0 Å². The minimum absolute atomic E-state index is 0.172. The van der Waals surface area contributed by atoms with Crippen LogP contribution in [-0.4, -0.2) is 37.2 Å². The smallest absolute Gasteiger partial charge is 0.123 e. The lowest BCUT2D eigenvalue weighted by atomic mass is 9.97. The molecule has 0 bridgehead atoms. The molecule has 1 saturated heterocycles. The molecule has 0 amide bonds. The molecule has 2 N–H and O–H groups in total. The Labute approximate surface area is 113 Å². The maximum Gasteiger partial charge on any atom is 0.123 e. The molecule has 0 aromatic heterocycles. The molecule has 3 rings (SSSR count). The zero-order valence-corrected chi connectivity index (χ0v) is 11.1. The molecule has 1 fully saturated rings. The van der Waals surface area contributed by atoms with Crippen LogP contribution in [0.15, 0.2) is 18.2 Å². The van der Waals surface area contributed by atoms with Gasteiger partial charge in [-0.25, -0.2) is 4.39 Å². The standard InChI is InChI=1S/C15H21FN2O/c16-13-1-2-15-12(7-13)8-14(19-15)10-18-5-3-11(9-17)4-6-18/h1-2,7,11,14H,3-6,8-10,17H2. The second kappa shape index (κ2) is 5.47. The van der Waals surface area contributed by atoms with Gasteiger partial charge in [0.2, 0.25) is 0 Å². The van der Waals surface area contributed by atoms with Crippen LogP contribution in [0.5, 0.6) is 5.75 Å². The highest BCUT2D eigenvalue weighted by Crippen LogP contribution is 2.30. The molecule has 2 aliphatic rings. The van der Waals surface area contributed by atoms with Crippen LogP contribution in [0.4, 0.5) is 4.39 Å². The van der Waals surface area contributed by atoms with E-state index in [0.717, 1.165) is 43.9 Å². The molecule has 1 aromatic rings. The predicted octanol–water partition coefficient (Wildman–Crippen LogP) is 1.80. The lowest BCUT2D eigenvalue weighted by Crippen LogP contribution is -2.41. The van der Waals surface area contributed by atoms with Crippen LogP contribution in [0.1, 0.15) is 18.4 Å². The SMILES string of the molecule is NCC1CCN(CC2Cc3cc(F)ccc3O2)CC1. The molecule has 0 saturated carbocycles. The quantitative estimate of drug-likeness (QED) is 0.904. The number of halogens is 1. The first-order valence-corrected chi connectivity index (χ1v) is 7.12. The number of fused-ring (bicyclic) bond motifs is 1. The van der Waals surface area contributed by atoms with Crippen molar-refractivity contribution < 1.29 is 9.13 Å². The minimum Gasteiger partial charge on any atom is -0.488 e. The topological polar surface area (TPSA) is 38.5 Å². The van der Waals surface area contributed by atoms with Crippen molar-refractivity contribution in [2.45, 2.75) is 25.4 Å². The summed E-state index contributed by atoms with van der Waals surface area (Å²) in [4.78, 5) is 2.44. The van der Waals surface area contributed by atoms with Crippen molar-refractivity contribution in [3.8, 4) is 5.75 Å². The number of rotatable bonds is 3. The largest absolute Gasteiger partial charge is 0.488 e. The van der Waals surface area contributed by atoms with Gasteiger partial charge in [0.1, 0.15) is 17.7 Å². The maximum atomic E-state index is 13.2. The number of likely N-dealkylation sites (tertiary alicyclic amines) is 1. The second-order valence-corrected chi connectivity index (χ2v) is 5.68. The summed E-state index contributed by atoms with van der Waals surface area (Å²) in [6, 6.07) is 4.80. The number of hydrogen-bond acceptors (Lipinski definition) is 3. The Morgan fingerprint density at radius 2 is 2.11 bits per heavy atom. The van der Waals surface area contributed by atoms with Crippen molar-refractivity contribution in [2.24, 2.45) is 11.7 Å². The van der Waals surface area contributed by atoms with Crippen LogP contribution in [-0.2, 0) is 6.42 Å². The molecular weight excluding hydrogens is 243 g/mol. The van der Waals surface area contributed by atoms with Crippen molar-refractivity contribution in [2.75, 3.05) is 26.2 Å². The number of ether oxygens (including phenoxy) is 1. The minimum atomic E-state index is -0.174. The predicted molar refractivity (Wildman–Crippen MR) is 72.7 cm³/mol. The molecule has 104 valence electrons. The molecule has 4 heteroatoms. The summed E-state index contributed by atoms with van der Waals surface area (Å²) in [5.41, 5.74) is 6.71. The Hall–Kier alpha value is -1.13. The molecular formula is C15H21FN2O. The summed E-state index contributed by atoms with van der Waals surface area (Å²) in [5, 5.41) is 0. The van der Waals surface area contributed by atoms with Gasteiger partial charge in [0.25, 0.3) is 0 Å². The van der Waals surface area contributed by atoms with Crippen LogP contribution >= 0.6 is 0 Å². The van der Waals surface area contributed by atoms with Crippen molar-refractivity contribution in [1.82, 2.24) is 4.90 Å². The average molecular weight is 264 g/mol. The van der Waals surface area contributed by atoms with Gasteiger partial charge >= 0.3 is 0 Å². The van der Waals surface area contributed by atoms with Gasteiger partial charge in [0, 0.05) is 18.5 Å². The fraction of sp³-hybridized carbons (Fsp3) is 0.600. The van der Waals surface area contributed by atoms with Crippen molar-refractivity contribution in [3.05, 3.63) is 29.6 Å². The lowest BCUT2D eigenvalue weighted by molar-refractivity contribution is 0.118. The Morgan fingerprint density at radius 1 is 1.32 bits per heavy atom. The second-order valence-electron chi connectivity index (χ2n) is 5.68. The molecule has 2 heterocycles. The van der Waals surface area contributed by atoms with Crippen LogP contribution in [0.2, 0.25) is 0 Å². The van der Waals surface area contributed by atoms with Gasteiger partial charge in [0.15, 0.2) is 0 Å². The van der Waals surface area contributed by atoms with Crippen LogP contribution in [0.3, 0.4) is 0 Å². The van der Waals surface area contributed by atoms with E-state index in [0.29, 0.717) is 5.92 Å². The van der Waals surface area contributed by atoms with E-state index in [2.05, 4.69) is 4.90 Å². The fourth-order valence-electron chi connectivity index (χ4n) is 3.08. The summed E-state index contributed by atoms with van der Waals surface area (Å²) >= 11 is 0. The molecule has 1 unspecified atom stereocenters. The van der Waals surface area contributed by atoms with Gasteiger partial charge in [-0.15, -0.1) is 0 Å². The zero-order chi connectivity index (χ0) is 13.2. The number of benzene rings is 1. The van der Waals surface area contributed by atoms with E-state index in [-0.39, 0.29) is 11.9 Å². The first kappa shape index (κ1) is 12.9. The first-order chi connectivity index (χ1) is 9.24. The van der Waals surface area contributed by atoms with Crippen molar-refractivity contribution in [1.29, 1.82) is 0 Å². The molecule has 0 aliphatic carbocycles. The third kappa shape index (κ3) is 2.90. The van der Waals surface area contributed by atoms with E-state index in [1.165, 1.54) is 18.9 Å². The Bertz CT molecular complexity index is 444. The van der Waals surface area contributed by atoms with Crippen LogP contribution in [0.25, 0.3) is 0 Å². The molecule has 1 atom stereocenters. The van der Waals surface area contributed by atoms with Crippen LogP contribution in [0, 0.1) is 11.7 Å². The normalized spacial score (nSPS) is 24.2. The molecule has 3 nitrogen and oxygen atoms in total. The number of nitrogens with two attached hydrogens (primary N) is 1. The summed E-state index contributed by atoms with van der Waals surface area (Å²) in [6.07, 6.45) is 3.37. The molecule has 0 spiro atoms. The summed E-state index contributed by atoms with van der Waals surface area (Å²) in [6.45, 7) is 3.95. The highest BCUT2D eigenvalue weighted by atomic mass is 19.1. The molecule has 19 heavy (non-hydrogen) atoms. The van der Waals surface area contributed by atoms with E-state index in [1.54, 1.807) is 12.1 Å². The highest BCUT2D eigenvalue weighted by Gasteiger charge is 2.27. The van der Waals surface area contributed by atoms with E-state index in [9.17, 15) is 4.39 Å². The van der Waals surface area contributed by atoms with Gasteiger partial charge in [-0.05, 0) is 56.6 Å². The lowest BCUT2D eigenvalue weighted by Gasteiger charge is -2.32. The van der Waals surface area contributed by atoms with E-state index in [4.69, 9.17) is 10.5 Å². The Kier molecular flexibility index (Phi) is 3.71. The van der Waals surface area contributed by atoms with Gasteiger partial charge < -0.3 is 10.5 Å². The Balaban J connectivity index is 1.53. The summed E-state index contributed by atoms with van der Waals surface area (Å²) < 4.78 is 19.0. The highest BCUT2D eigenvalue weighted by molar-refractivity contribution is 5.37. The zero-order valence-electron chi connectivity index (χ0n) is 11.1. The molecule has 1 aromatic carbocycles. The van der Waals surface area contributed by atoms with E-state index in [1.807, 2.05) is 0 Å². The number of hydrogen-bond donors (Lipinski definition) is 1. The van der Waals surface area contributed by atoms with Crippen LogP contribution < -0.4 is 10.5 Å². The average Bonchev–Trinajstić information content (AvgIpc) is 2.81. The first-order valence-electron chi connectivity index (χ1n) is 7.12. The van der Waals surface area contributed by atoms with Gasteiger partial charge in [-0.2, -0.15) is 0 Å². The fourth-order valence-corrected chi connectivity index (χ4v) is 3.08. The number of nitrogens with zero attached hydrogens (tertiary/aromatic N) is 1. The summed E-state index contributed by atoms with van der Waals surface area (Å²) in [5.74, 6) is 1.36.